The first kappa shape index (κ1) is 12.6. The fraction of sp³-hybridized carbons (Fsp3) is 0.533. The molecular weight excluding hydrogens is 236 g/mol. The summed E-state index contributed by atoms with van der Waals surface area (Å²) in [6, 6.07) is 4.82. The number of nitrogens with zero attached hydrogens (tertiary/aromatic N) is 3. The Morgan fingerprint density at radius 3 is 3.16 bits per heavy atom. The number of nitrogens with one attached hydrogen (secondary N) is 1. The van der Waals surface area contributed by atoms with Crippen molar-refractivity contribution >= 4 is 5.65 Å². The smallest absolute Gasteiger partial charge is 0.139 e. The topological polar surface area (TPSA) is 32.6 Å². The number of imidazole rings is 1. The first-order chi connectivity index (χ1) is 9.26. The number of aromatic nitrogens is 2. The first-order valence-electron chi connectivity index (χ1n) is 7.09. The Kier molecular flexibility index (Phi) is 3.53. The molecule has 0 spiro atoms. The third kappa shape index (κ3) is 2.65. The van der Waals surface area contributed by atoms with Crippen molar-refractivity contribution < 1.29 is 0 Å². The number of piperidine rings is 1. The Bertz CT molecular complexity index is 560. The highest BCUT2D eigenvalue weighted by Gasteiger charge is 2.19. The summed E-state index contributed by atoms with van der Waals surface area (Å²) in [7, 11) is 2.06. The van der Waals surface area contributed by atoms with Gasteiger partial charge in [-0.15, -0.1) is 0 Å². The molecule has 1 unspecified atom stereocenters. The Hall–Kier alpha value is -1.39. The van der Waals surface area contributed by atoms with Crippen LogP contribution in [0, 0.1) is 6.92 Å². The van der Waals surface area contributed by atoms with Crippen LogP contribution in [0.4, 0.5) is 0 Å². The molecule has 4 nitrogen and oxygen atoms in total. The molecule has 0 amide bonds. The van der Waals surface area contributed by atoms with Gasteiger partial charge in [-0.25, -0.2) is 4.98 Å². The number of hydrogen-bond acceptors (Lipinski definition) is 3. The van der Waals surface area contributed by atoms with E-state index in [1.165, 1.54) is 30.6 Å². The van der Waals surface area contributed by atoms with Crippen LogP contribution in [0.15, 0.2) is 24.5 Å². The van der Waals surface area contributed by atoms with Crippen LogP contribution in [-0.2, 0) is 6.54 Å². The van der Waals surface area contributed by atoms with Gasteiger partial charge in [-0.1, -0.05) is 6.07 Å². The van der Waals surface area contributed by atoms with Gasteiger partial charge in [-0.3, -0.25) is 4.90 Å². The number of hydrogen-bond donors (Lipinski definition) is 1. The van der Waals surface area contributed by atoms with Gasteiger partial charge in [-0.2, -0.15) is 0 Å². The van der Waals surface area contributed by atoms with Crippen molar-refractivity contribution in [3.8, 4) is 0 Å². The molecule has 1 fully saturated rings. The monoisotopic (exact) mass is 258 g/mol. The number of fused-ring (bicyclic) bond motifs is 1. The molecule has 2 aromatic rings. The lowest BCUT2D eigenvalue weighted by Gasteiger charge is -2.31. The van der Waals surface area contributed by atoms with E-state index in [1.807, 2.05) is 0 Å². The van der Waals surface area contributed by atoms with Crippen molar-refractivity contribution in [3.05, 3.63) is 35.8 Å². The normalized spacial score (nSPS) is 21.1. The van der Waals surface area contributed by atoms with Crippen LogP contribution in [0.5, 0.6) is 0 Å². The quantitative estimate of drug-likeness (QED) is 0.911. The summed E-state index contributed by atoms with van der Waals surface area (Å²) >= 11 is 0. The van der Waals surface area contributed by atoms with Crippen molar-refractivity contribution in [2.45, 2.75) is 32.4 Å². The van der Waals surface area contributed by atoms with Crippen LogP contribution in [0.1, 0.15) is 24.1 Å². The minimum atomic E-state index is 0.632. The molecule has 3 heterocycles. The van der Waals surface area contributed by atoms with E-state index in [1.54, 1.807) is 0 Å². The second-order valence-electron chi connectivity index (χ2n) is 5.52. The molecule has 1 aliphatic rings. The summed E-state index contributed by atoms with van der Waals surface area (Å²) in [6.45, 7) is 5.39. The molecule has 19 heavy (non-hydrogen) atoms. The van der Waals surface area contributed by atoms with E-state index in [2.05, 4.69) is 53.1 Å². The average molecular weight is 258 g/mol. The SMILES string of the molecule is CNC1CCCN(Cc2cn3cccc(C)c3n2)C1. The number of aryl methyl sites for hydroxylation is 1. The van der Waals surface area contributed by atoms with Gasteiger partial charge in [0.2, 0.25) is 0 Å². The van der Waals surface area contributed by atoms with Crippen LogP contribution in [0.25, 0.3) is 5.65 Å². The Morgan fingerprint density at radius 1 is 1.47 bits per heavy atom. The van der Waals surface area contributed by atoms with Gasteiger partial charge >= 0.3 is 0 Å². The van der Waals surface area contributed by atoms with E-state index in [0.29, 0.717) is 6.04 Å². The highest BCUT2D eigenvalue weighted by atomic mass is 15.2. The Balaban J connectivity index is 1.76. The van der Waals surface area contributed by atoms with E-state index in [9.17, 15) is 0 Å². The molecule has 0 bridgehead atoms. The molecule has 1 N–H and O–H groups in total. The highest BCUT2D eigenvalue weighted by molar-refractivity contribution is 5.47. The molecule has 0 radical (unpaired) electrons. The molecule has 1 saturated heterocycles. The molecular formula is C15H22N4. The molecule has 0 saturated carbocycles. The molecule has 4 heteroatoms. The molecule has 2 aromatic heterocycles. The van der Waals surface area contributed by atoms with Gasteiger partial charge in [-0.05, 0) is 45.0 Å². The van der Waals surface area contributed by atoms with Gasteiger partial charge < -0.3 is 9.72 Å². The Labute approximate surface area is 114 Å². The summed E-state index contributed by atoms with van der Waals surface area (Å²) in [4.78, 5) is 7.26. The standard InChI is InChI=1S/C15H22N4/c1-12-5-3-8-19-11-14(17-15(12)19)10-18-7-4-6-13(9-18)16-2/h3,5,8,11,13,16H,4,6-7,9-10H2,1-2H3. The predicted molar refractivity (Wildman–Crippen MR) is 77.3 cm³/mol. The second-order valence-corrected chi connectivity index (χ2v) is 5.52. The summed E-state index contributed by atoms with van der Waals surface area (Å²) in [5, 5.41) is 3.39. The van der Waals surface area contributed by atoms with E-state index in [0.717, 1.165) is 18.7 Å². The van der Waals surface area contributed by atoms with Crippen molar-refractivity contribution in [2.75, 3.05) is 20.1 Å². The highest BCUT2D eigenvalue weighted by Crippen LogP contribution is 2.15. The van der Waals surface area contributed by atoms with E-state index < -0.39 is 0 Å². The maximum atomic E-state index is 4.76. The zero-order chi connectivity index (χ0) is 13.2. The van der Waals surface area contributed by atoms with Crippen LogP contribution in [0.3, 0.4) is 0 Å². The lowest BCUT2D eigenvalue weighted by Crippen LogP contribution is -2.43. The predicted octanol–water partition coefficient (Wildman–Crippen LogP) is 1.83. The Morgan fingerprint density at radius 2 is 2.37 bits per heavy atom. The lowest BCUT2D eigenvalue weighted by molar-refractivity contribution is 0.186. The molecule has 102 valence electrons. The van der Waals surface area contributed by atoms with Crippen LogP contribution in [0.2, 0.25) is 0 Å². The van der Waals surface area contributed by atoms with Gasteiger partial charge in [0.1, 0.15) is 5.65 Å². The number of likely N-dealkylation sites (tertiary alicyclic amines) is 1. The first-order valence-corrected chi connectivity index (χ1v) is 7.09. The number of likely N-dealkylation sites (N-methyl/N-ethyl adjacent to an activating group) is 1. The van der Waals surface area contributed by atoms with Gasteiger partial charge in [0, 0.05) is 31.5 Å². The largest absolute Gasteiger partial charge is 0.316 e. The third-order valence-electron chi connectivity index (χ3n) is 4.03. The molecule has 1 atom stereocenters. The third-order valence-corrected chi connectivity index (χ3v) is 4.03. The second kappa shape index (κ2) is 5.31. The van der Waals surface area contributed by atoms with Crippen LogP contribution < -0.4 is 5.32 Å². The zero-order valence-electron chi connectivity index (χ0n) is 11.8. The summed E-state index contributed by atoms with van der Waals surface area (Å²) in [6.07, 6.45) is 6.80. The minimum absolute atomic E-state index is 0.632. The van der Waals surface area contributed by atoms with Crippen molar-refractivity contribution in [3.63, 3.8) is 0 Å². The van der Waals surface area contributed by atoms with E-state index in [-0.39, 0.29) is 0 Å². The maximum Gasteiger partial charge on any atom is 0.139 e. The van der Waals surface area contributed by atoms with Gasteiger partial charge in [0.05, 0.1) is 5.69 Å². The molecule has 1 aliphatic heterocycles. The lowest BCUT2D eigenvalue weighted by atomic mass is 10.1. The molecule has 0 aromatic carbocycles. The van der Waals surface area contributed by atoms with Crippen molar-refractivity contribution in [2.24, 2.45) is 0 Å². The minimum Gasteiger partial charge on any atom is -0.316 e. The van der Waals surface area contributed by atoms with Gasteiger partial charge in [0.15, 0.2) is 0 Å². The van der Waals surface area contributed by atoms with Crippen LogP contribution >= 0.6 is 0 Å². The van der Waals surface area contributed by atoms with Crippen LogP contribution in [-0.4, -0.2) is 40.5 Å². The van der Waals surface area contributed by atoms with E-state index in [4.69, 9.17) is 4.98 Å². The summed E-state index contributed by atoms with van der Waals surface area (Å²) < 4.78 is 2.13. The molecule has 0 aliphatic carbocycles. The fourth-order valence-corrected chi connectivity index (χ4v) is 2.94. The average Bonchev–Trinajstić information content (AvgIpc) is 2.83. The molecule has 3 rings (SSSR count). The number of rotatable bonds is 3. The van der Waals surface area contributed by atoms with Gasteiger partial charge in [0.25, 0.3) is 0 Å². The summed E-state index contributed by atoms with van der Waals surface area (Å²) in [5.74, 6) is 0. The number of pyridine rings is 1. The van der Waals surface area contributed by atoms with Crippen molar-refractivity contribution in [1.29, 1.82) is 0 Å². The van der Waals surface area contributed by atoms with E-state index >= 15 is 0 Å². The summed E-state index contributed by atoms with van der Waals surface area (Å²) in [5.41, 5.74) is 3.49. The van der Waals surface area contributed by atoms with Crippen molar-refractivity contribution in [1.82, 2.24) is 19.6 Å². The maximum absolute atomic E-state index is 4.76. The fourth-order valence-electron chi connectivity index (χ4n) is 2.94. The zero-order valence-corrected chi connectivity index (χ0v) is 11.8.